The van der Waals surface area contributed by atoms with Gasteiger partial charge in [0.15, 0.2) is 0 Å². The Bertz CT molecular complexity index is 393. The average molecular weight is 273 g/mol. The molecule has 0 amide bonds. The Kier molecular flexibility index (Phi) is 4.62. The molecule has 0 radical (unpaired) electrons. The van der Waals surface area contributed by atoms with E-state index in [9.17, 15) is 0 Å². The van der Waals surface area contributed by atoms with Crippen molar-refractivity contribution in [2.75, 3.05) is 13.2 Å². The van der Waals surface area contributed by atoms with Crippen LogP contribution in [-0.4, -0.2) is 19.2 Å². The molecule has 110 valence electrons. The van der Waals surface area contributed by atoms with Crippen LogP contribution in [0.25, 0.3) is 0 Å². The Morgan fingerprint density at radius 2 is 1.80 bits per heavy atom. The smallest absolute Gasteiger partial charge is 0.119 e. The third kappa shape index (κ3) is 3.99. The summed E-state index contributed by atoms with van der Waals surface area (Å²) in [6.45, 7) is 2.06. The molecule has 1 aromatic carbocycles. The topological polar surface area (TPSA) is 21.3 Å². The summed E-state index contributed by atoms with van der Waals surface area (Å²) in [4.78, 5) is 0. The van der Waals surface area contributed by atoms with Crippen molar-refractivity contribution in [3.63, 3.8) is 0 Å². The minimum Gasteiger partial charge on any atom is -0.494 e. The van der Waals surface area contributed by atoms with E-state index in [2.05, 4.69) is 17.4 Å². The molecular weight excluding hydrogens is 246 g/mol. The average Bonchev–Trinajstić information content (AvgIpc) is 3.32. The molecule has 0 atom stereocenters. The van der Waals surface area contributed by atoms with Crippen LogP contribution in [0.1, 0.15) is 51.4 Å². The van der Waals surface area contributed by atoms with E-state index in [1.807, 2.05) is 18.2 Å². The largest absolute Gasteiger partial charge is 0.494 e. The predicted octanol–water partition coefficient (Wildman–Crippen LogP) is 4.16. The van der Waals surface area contributed by atoms with Gasteiger partial charge in [-0.15, -0.1) is 0 Å². The highest BCUT2D eigenvalue weighted by atomic mass is 16.5. The van der Waals surface area contributed by atoms with Gasteiger partial charge in [0.1, 0.15) is 5.75 Å². The number of hydrogen-bond acceptors (Lipinski definition) is 2. The molecule has 0 bridgehead atoms. The van der Waals surface area contributed by atoms with E-state index in [1.165, 1.54) is 57.9 Å². The van der Waals surface area contributed by atoms with Gasteiger partial charge in [-0.3, -0.25) is 0 Å². The second-order valence-electron chi connectivity index (χ2n) is 6.63. The zero-order valence-corrected chi connectivity index (χ0v) is 12.4. The van der Waals surface area contributed by atoms with E-state index in [0.29, 0.717) is 5.41 Å². The second-order valence-corrected chi connectivity index (χ2v) is 6.63. The lowest BCUT2D eigenvalue weighted by molar-refractivity contribution is 0.133. The van der Waals surface area contributed by atoms with Gasteiger partial charge in [0.25, 0.3) is 0 Å². The normalized spacial score (nSPS) is 21.6. The van der Waals surface area contributed by atoms with Crippen molar-refractivity contribution >= 4 is 0 Å². The number of hydrogen-bond donors (Lipinski definition) is 1. The number of benzene rings is 1. The lowest BCUT2D eigenvalue weighted by Crippen LogP contribution is -2.38. The molecule has 2 fully saturated rings. The maximum absolute atomic E-state index is 5.93. The molecule has 1 aromatic rings. The Labute approximate surface area is 122 Å². The quantitative estimate of drug-likeness (QED) is 0.805. The van der Waals surface area contributed by atoms with Crippen molar-refractivity contribution < 1.29 is 4.74 Å². The van der Waals surface area contributed by atoms with Gasteiger partial charge in [-0.2, -0.15) is 0 Å². The Balaban J connectivity index is 1.49. The van der Waals surface area contributed by atoms with Crippen LogP contribution < -0.4 is 10.1 Å². The number of ether oxygens (including phenoxy) is 1. The van der Waals surface area contributed by atoms with E-state index in [0.717, 1.165) is 18.4 Å². The first kappa shape index (κ1) is 13.9. The van der Waals surface area contributed by atoms with Crippen molar-refractivity contribution in [2.45, 2.75) is 57.4 Å². The molecule has 0 aliphatic heterocycles. The minimum absolute atomic E-state index is 0.496. The van der Waals surface area contributed by atoms with E-state index >= 15 is 0 Å². The molecule has 0 unspecified atom stereocenters. The van der Waals surface area contributed by atoms with Gasteiger partial charge >= 0.3 is 0 Å². The Morgan fingerprint density at radius 3 is 2.50 bits per heavy atom. The van der Waals surface area contributed by atoms with Crippen molar-refractivity contribution in [3.05, 3.63) is 30.3 Å². The first-order valence-corrected chi connectivity index (χ1v) is 8.28. The molecule has 2 nitrogen and oxygen atoms in total. The lowest BCUT2D eigenvalue weighted by atomic mass is 9.72. The number of para-hydroxylation sites is 1. The van der Waals surface area contributed by atoms with Gasteiger partial charge in [-0.1, -0.05) is 37.5 Å². The Hall–Kier alpha value is -1.02. The van der Waals surface area contributed by atoms with Crippen molar-refractivity contribution in [2.24, 2.45) is 5.41 Å². The zero-order chi connectivity index (χ0) is 13.7. The lowest BCUT2D eigenvalue weighted by Gasteiger charge is -2.37. The van der Waals surface area contributed by atoms with E-state index in [-0.39, 0.29) is 0 Å². The first-order valence-electron chi connectivity index (χ1n) is 8.28. The molecule has 2 saturated carbocycles. The summed E-state index contributed by atoms with van der Waals surface area (Å²) in [6.07, 6.45) is 10.9. The van der Waals surface area contributed by atoms with Crippen molar-refractivity contribution in [3.8, 4) is 5.75 Å². The highest BCUT2D eigenvalue weighted by Gasteiger charge is 2.33. The van der Waals surface area contributed by atoms with Gasteiger partial charge in [-0.05, 0) is 49.7 Å². The van der Waals surface area contributed by atoms with Crippen molar-refractivity contribution in [1.82, 2.24) is 5.32 Å². The fourth-order valence-corrected chi connectivity index (χ4v) is 3.37. The molecule has 20 heavy (non-hydrogen) atoms. The maximum atomic E-state index is 5.93. The first-order chi connectivity index (χ1) is 9.86. The van der Waals surface area contributed by atoms with Gasteiger partial charge < -0.3 is 10.1 Å². The SMILES string of the molecule is c1ccc(OCCC2(CNC3CC3)CCCCC2)cc1. The molecule has 3 rings (SSSR count). The van der Waals surface area contributed by atoms with E-state index in [4.69, 9.17) is 4.74 Å². The van der Waals surface area contributed by atoms with Crippen LogP contribution in [0.2, 0.25) is 0 Å². The molecule has 0 spiro atoms. The van der Waals surface area contributed by atoms with Gasteiger partial charge in [0, 0.05) is 12.6 Å². The summed E-state index contributed by atoms with van der Waals surface area (Å²) in [5.74, 6) is 1.01. The molecular formula is C18H27NO. The molecule has 0 saturated heterocycles. The van der Waals surface area contributed by atoms with Crippen LogP contribution in [0.4, 0.5) is 0 Å². The van der Waals surface area contributed by atoms with Gasteiger partial charge in [-0.25, -0.2) is 0 Å². The van der Waals surface area contributed by atoms with E-state index in [1.54, 1.807) is 0 Å². The monoisotopic (exact) mass is 273 g/mol. The van der Waals surface area contributed by atoms with Crippen LogP contribution in [0.15, 0.2) is 30.3 Å². The molecule has 2 aliphatic carbocycles. The molecule has 2 aliphatic rings. The zero-order valence-electron chi connectivity index (χ0n) is 12.4. The summed E-state index contributed by atoms with van der Waals surface area (Å²) in [5.41, 5.74) is 0.496. The standard InChI is InChI=1S/C18H27NO/c1-3-7-17(8-4-1)20-14-13-18(11-5-2-6-12-18)15-19-16-9-10-16/h1,3-4,7-8,16,19H,2,5-6,9-15H2. The van der Waals surface area contributed by atoms with Crippen LogP contribution >= 0.6 is 0 Å². The Morgan fingerprint density at radius 1 is 1.05 bits per heavy atom. The van der Waals surface area contributed by atoms with Crippen LogP contribution in [-0.2, 0) is 0 Å². The van der Waals surface area contributed by atoms with Gasteiger partial charge in [0.2, 0.25) is 0 Å². The van der Waals surface area contributed by atoms with Gasteiger partial charge in [0.05, 0.1) is 6.61 Å². The van der Waals surface area contributed by atoms with Crippen molar-refractivity contribution in [1.29, 1.82) is 0 Å². The molecule has 0 aromatic heterocycles. The highest BCUT2D eigenvalue weighted by Crippen LogP contribution is 2.39. The minimum atomic E-state index is 0.496. The molecule has 1 N–H and O–H groups in total. The number of nitrogens with one attached hydrogen (secondary N) is 1. The third-order valence-corrected chi connectivity index (χ3v) is 4.90. The second kappa shape index (κ2) is 6.62. The summed E-state index contributed by atoms with van der Waals surface area (Å²) >= 11 is 0. The number of rotatable bonds is 7. The fraction of sp³-hybridized carbons (Fsp3) is 0.667. The summed E-state index contributed by atoms with van der Waals surface area (Å²) in [5, 5.41) is 3.76. The van der Waals surface area contributed by atoms with Crippen LogP contribution in [0, 0.1) is 5.41 Å². The molecule has 0 heterocycles. The summed E-state index contributed by atoms with van der Waals surface area (Å²) in [6, 6.07) is 11.0. The highest BCUT2D eigenvalue weighted by molar-refractivity contribution is 5.20. The molecule has 2 heteroatoms. The van der Waals surface area contributed by atoms with Crippen LogP contribution in [0.5, 0.6) is 5.75 Å². The summed E-state index contributed by atoms with van der Waals surface area (Å²) < 4.78 is 5.93. The maximum Gasteiger partial charge on any atom is 0.119 e. The predicted molar refractivity (Wildman–Crippen MR) is 83.1 cm³/mol. The summed E-state index contributed by atoms with van der Waals surface area (Å²) in [7, 11) is 0. The van der Waals surface area contributed by atoms with Crippen LogP contribution in [0.3, 0.4) is 0 Å². The third-order valence-electron chi connectivity index (χ3n) is 4.90. The van der Waals surface area contributed by atoms with E-state index < -0.39 is 0 Å². The fourth-order valence-electron chi connectivity index (χ4n) is 3.37.